The van der Waals surface area contributed by atoms with Gasteiger partial charge in [-0.05, 0) is 35.6 Å². The molecule has 0 bridgehead atoms. The molecule has 106 valence electrons. The molecule has 1 heterocycles. The summed E-state index contributed by atoms with van der Waals surface area (Å²) in [6, 6.07) is 14.3. The predicted octanol–water partition coefficient (Wildman–Crippen LogP) is 3.81. The largest absolute Gasteiger partial charge is 0.392 e. The van der Waals surface area contributed by atoms with Crippen molar-refractivity contribution in [3.63, 3.8) is 0 Å². The lowest BCUT2D eigenvalue weighted by Gasteiger charge is -2.28. The van der Waals surface area contributed by atoms with Crippen molar-refractivity contribution in [1.82, 2.24) is 4.98 Å². The summed E-state index contributed by atoms with van der Waals surface area (Å²) in [6.45, 7) is 4.40. The third-order valence-electron chi connectivity index (χ3n) is 4.05. The fraction of sp³-hybridized carbons (Fsp3) is 0.389. The average molecular weight is 269 g/mol. The van der Waals surface area contributed by atoms with Gasteiger partial charge in [0, 0.05) is 18.3 Å². The molecule has 20 heavy (non-hydrogen) atoms. The molecule has 0 aliphatic rings. The Kier molecular flexibility index (Phi) is 5.31. The lowest BCUT2D eigenvalue weighted by Crippen LogP contribution is -2.26. The van der Waals surface area contributed by atoms with Gasteiger partial charge in [-0.3, -0.25) is 4.98 Å². The molecule has 0 aliphatic carbocycles. The molecule has 2 heteroatoms. The molecule has 1 aromatic heterocycles. The van der Waals surface area contributed by atoms with Crippen LogP contribution in [0.3, 0.4) is 0 Å². The van der Waals surface area contributed by atoms with E-state index < -0.39 is 0 Å². The smallest absolute Gasteiger partial charge is 0.0651 e. The molecule has 3 unspecified atom stereocenters. The van der Waals surface area contributed by atoms with Gasteiger partial charge < -0.3 is 5.11 Å². The fourth-order valence-corrected chi connectivity index (χ4v) is 2.75. The lowest BCUT2D eigenvalue weighted by molar-refractivity contribution is 0.117. The van der Waals surface area contributed by atoms with Gasteiger partial charge in [0.1, 0.15) is 0 Å². The maximum Gasteiger partial charge on any atom is 0.0651 e. The number of benzene rings is 1. The summed E-state index contributed by atoms with van der Waals surface area (Å²) in [5, 5.41) is 10.7. The zero-order chi connectivity index (χ0) is 14.4. The molecule has 0 radical (unpaired) electrons. The first-order valence-corrected chi connectivity index (χ1v) is 7.34. The van der Waals surface area contributed by atoms with Crippen LogP contribution in [0.5, 0.6) is 0 Å². The van der Waals surface area contributed by atoms with E-state index in [9.17, 15) is 5.11 Å². The first-order chi connectivity index (χ1) is 9.72. The van der Waals surface area contributed by atoms with Crippen molar-refractivity contribution in [3.05, 3.63) is 66.0 Å². The van der Waals surface area contributed by atoms with Gasteiger partial charge in [-0.25, -0.2) is 0 Å². The topological polar surface area (TPSA) is 33.1 Å². The van der Waals surface area contributed by atoms with Gasteiger partial charge in [-0.2, -0.15) is 0 Å². The number of aliphatic hydroxyl groups excluding tert-OH is 1. The van der Waals surface area contributed by atoms with Gasteiger partial charge in [0.15, 0.2) is 0 Å². The number of nitrogens with zero attached hydrogens (tertiary/aromatic N) is 1. The number of hydrogen-bond donors (Lipinski definition) is 1. The van der Waals surface area contributed by atoms with Crippen molar-refractivity contribution in [3.8, 4) is 0 Å². The van der Waals surface area contributed by atoms with Crippen molar-refractivity contribution in [2.45, 2.75) is 38.7 Å². The van der Waals surface area contributed by atoms with Crippen LogP contribution in [0.15, 0.2) is 54.9 Å². The standard InChI is InChI=1S/C18H23NO/c1-3-14(2)18(16-7-5-4-6-8-16)17(20)13-15-9-11-19-12-10-15/h4-12,14,17-18,20H,3,13H2,1-2H3. The quantitative estimate of drug-likeness (QED) is 0.865. The minimum absolute atomic E-state index is 0.175. The molecule has 0 saturated heterocycles. The molecule has 1 N–H and O–H groups in total. The molecule has 2 rings (SSSR count). The second-order valence-corrected chi connectivity index (χ2v) is 5.45. The number of rotatable bonds is 6. The number of pyridine rings is 1. The van der Waals surface area contributed by atoms with Gasteiger partial charge in [-0.1, -0.05) is 50.6 Å². The van der Waals surface area contributed by atoms with E-state index in [0.29, 0.717) is 12.3 Å². The fourth-order valence-electron chi connectivity index (χ4n) is 2.75. The van der Waals surface area contributed by atoms with E-state index in [2.05, 4.69) is 31.0 Å². The molecule has 0 spiro atoms. The molecule has 0 aliphatic heterocycles. The monoisotopic (exact) mass is 269 g/mol. The maximum atomic E-state index is 10.7. The molecule has 3 atom stereocenters. The normalized spacial score (nSPS) is 15.6. The summed E-state index contributed by atoms with van der Waals surface area (Å²) >= 11 is 0. The van der Waals surface area contributed by atoms with Crippen LogP contribution in [0.25, 0.3) is 0 Å². The number of aliphatic hydroxyl groups is 1. The van der Waals surface area contributed by atoms with E-state index in [1.165, 1.54) is 5.56 Å². The van der Waals surface area contributed by atoms with Crippen LogP contribution in [0, 0.1) is 5.92 Å². The van der Waals surface area contributed by atoms with Crippen LogP contribution < -0.4 is 0 Å². The third-order valence-corrected chi connectivity index (χ3v) is 4.05. The van der Waals surface area contributed by atoms with E-state index in [1.807, 2.05) is 30.3 Å². The Morgan fingerprint density at radius 3 is 2.30 bits per heavy atom. The van der Waals surface area contributed by atoms with Crippen molar-refractivity contribution in [2.75, 3.05) is 0 Å². The lowest BCUT2D eigenvalue weighted by atomic mass is 9.79. The minimum atomic E-state index is -0.366. The van der Waals surface area contributed by atoms with Crippen molar-refractivity contribution in [2.24, 2.45) is 5.92 Å². The molecular formula is C18H23NO. The molecule has 1 aromatic carbocycles. The van der Waals surface area contributed by atoms with E-state index in [1.54, 1.807) is 12.4 Å². The highest BCUT2D eigenvalue weighted by Gasteiger charge is 2.26. The first-order valence-electron chi connectivity index (χ1n) is 7.34. The Hall–Kier alpha value is -1.67. The predicted molar refractivity (Wildman–Crippen MR) is 82.6 cm³/mol. The molecule has 0 fully saturated rings. The summed E-state index contributed by atoms with van der Waals surface area (Å²) in [5.41, 5.74) is 2.36. The Bertz CT molecular complexity index is 497. The summed E-state index contributed by atoms with van der Waals surface area (Å²) in [7, 11) is 0. The van der Waals surface area contributed by atoms with E-state index in [4.69, 9.17) is 0 Å². The zero-order valence-corrected chi connectivity index (χ0v) is 12.2. The SMILES string of the molecule is CCC(C)C(c1ccccc1)C(O)Cc1ccncc1. The van der Waals surface area contributed by atoms with Crippen LogP contribution >= 0.6 is 0 Å². The van der Waals surface area contributed by atoms with E-state index >= 15 is 0 Å². The van der Waals surface area contributed by atoms with E-state index in [-0.39, 0.29) is 12.0 Å². The Morgan fingerprint density at radius 2 is 1.70 bits per heavy atom. The second-order valence-electron chi connectivity index (χ2n) is 5.45. The molecule has 0 saturated carbocycles. The second kappa shape index (κ2) is 7.20. The first kappa shape index (κ1) is 14.7. The highest BCUT2D eigenvalue weighted by molar-refractivity contribution is 5.23. The molecule has 2 nitrogen and oxygen atoms in total. The third kappa shape index (κ3) is 3.67. The number of hydrogen-bond acceptors (Lipinski definition) is 2. The number of aromatic nitrogens is 1. The Morgan fingerprint density at radius 1 is 1.05 bits per heavy atom. The van der Waals surface area contributed by atoms with Crippen LogP contribution in [0.1, 0.15) is 37.3 Å². The Labute approximate surface area is 121 Å². The van der Waals surface area contributed by atoms with Gasteiger partial charge in [0.2, 0.25) is 0 Å². The summed E-state index contributed by atoms with van der Waals surface area (Å²) in [5.74, 6) is 0.628. The highest BCUT2D eigenvalue weighted by Crippen LogP contribution is 2.31. The zero-order valence-electron chi connectivity index (χ0n) is 12.2. The van der Waals surface area contributed by atoms with Gasteiger partial charge >= 0.3 is 0 Å². The molecule has 2 aromatic rings. The van der Waals surface area contributed by atoms with Gasteiger partial charge in [-0.15, -0.1) is 0 Å². The summed E-state index contributed by atoms with van der Waals surface area (Å²) in [6.07, 6.45) is 4.93. The molecular weight excluding hydrogens is 246 g/mol. The Balaban J connectivity index is 2.19. The summed E-state index contributed by atoms with van der Waals surface area (Å²) in [4.78, 5) is 4.03. The molecule has 0 amide bonds. The minimum Gasteiger partial charge on any atom is -0.392 e. The highest BCUT2D eigenvalue weighted by atomic mass is 16.3. The summed E-state index contributed by atoms with van der Waals surface area (Å²) < 4.78 is 0. The van der Waals surface area contributed by atoms with Crippen LogP contribution in [0.2, 0.25) is 0 Å². The van der Waals surface area contributed by atoms with Crippen LogP contribution in [-0.2, 0) is 6.42 Å². The maximum absolute atomic E-state index is 10.7. The van der Waals surface area contributed by atoms with Gasteiger partial charge in [0.25, 0.3) is 0 Å². The average Bonchev–Trinajstić information content (AvgIpc) is 2.49. The van der Waals surface area contributed by atoms with Gasteiger partial charge in [0.05, 0.1) is 6.10 Å². The van der Waals surface area contributed by atoms with E-state index in [0.717, 1.165) is 12.0 Å². The van der Waals surface area contributed by atoms with Crippen molar-refractivity contribution in [1.29, 1.82) is 0 Å². The van der Waals surface area contributed by atoms with Crippen molar-refractivity contribution >= 4 is 0 Å². The van der Waals surface area contributed by atoms with Crippen LogP contribution in [-0.4, -0.2) is 16.2 Å². The van der Waals surface area contributed by atoms with Crippen molar-refractivity contribution < 1.29 is 5.11 Å². The van der Waals surface area contributed by atoms with Crippen LogP contribution in [0.4, 0.5) is 0 Å².